The van der Waals surface area contributed by atoms with Crippen LogP contribution in [0.3, 0.4) is 0 Å². The van der Waals surface area contributed by atoms with Crippen LogP contribution in [0.1, 0.15) is 20.3 Å². The van der Waals surface area contributed by atoms with Gasteiger partial charge < -0.3 is 5.11 Å². The fraction of sp³-hybridized carbons (Fsp3) is 1.00. The average Bonchev–Trinajstić information content (AvgIpc) is 1.98. The maximum absolute atomic E-state index is 13.1. The maximum Gasteiger partial charge on any atom is 0.434 e. The largest absolute Gasteiger partial charge is 0.434 e. The molecule has 1 nitrogen and oxygen atoms in total. The van der Waals surface area contributed by atoms with Gasteiger partial charge in [0, 0.05) is 0 Å². The predicted molar refractivity (Wildman–Crippen MR) is 36.9 cm³/mol. The standard InChI is InChI=1S/C7H9F7O/c1-3-4(2,8)5(9,6(10,11)12)7(13,14)15/h15H,3H2,1-2H3/t4-,5?/m0/s1. The molecule has 0 spiro atoms. The maximum atomic E-state index is 13.1. The molecule has 0 aromatic heterocycles. The minimum absolute atomic E-state index is 0.0185. The Morgan fingerprint density at radius 2 is 1.27 bits per heavy atom. The smallest absolute Gasteiger partial charge is 0.333 e. The lowest BCUT2D eigenvalue weighted by molar-refractivity contribution is -0.397. The molecule has 0 bridgehead atoms. The highest BCUT2D eigenvalue weighted by Crippen LogP contribution is 2.53. The summed E-state index contributed by atoms with van der Waals surface area (Å²) >= 11 is 0. The minimum Gasteiger partial charge on any atom is -0.333 e. The molecule has 0 aliphatic rings. The molecule has 0 rings (SSSR count). The summed E-state index contributed by atoms with van der Waals surface area (Å²) in [5, 5.41) is 7.87. The zero-order valence-electron chi connectivity index (χ0n) is 7.80. The van der Waals surface area contributed by atoms with Gasteiger partial charge in [0.25, 0.3) is 0 Å². The Labute approximate surface area is 80.9 Å². The molecule has 0 fully saturated rings. The Morgan fingerprint density at radius 3 is 1.33 bits per heavy atom. The van der Waals surface area contributed by atoms with Gasteiger partial charge >= 0.3 is 18.0 Å². The van der Waals surface area contributed by atoms with E-state index >= 15 is 0 Å². The molecular weight excluding hydrogens is 233 g/mol. The lowest BCUT2D eigenvalue weighted by Gasteiger charge is -2.39. The molecule has 0 amide bonds. The van der Waals surface area contributed by atoms with Crippen molar-refractivity contribution in [3.05, 3.63) is 0 Å². The zero-order chi connectivity index (χ0) is 12.7. The molecule has 0 aliphatic carbocycles. The van der Waals surface area contributed by atoms with Crippen LogP contribution in [0.5, 0.6) is 0 Å². The fourth-order valence-electron chi connectivity index (χ4n) is 1.02. The third-order valence-electron chi connectivity index (χ3n) is 2.19. The quantitative estimate of drug-likeness (QED) is 0.754. The van der Waals surface area contributed by atoms with E-state index in [-0.39, 0.29) is 6.92 Å². The first-order valence-electron chi connectivity index (χ1n) is 3.86. The van der Waals surface area contributed by atoms with Gasteiger partial charge in [0.2, 0.25) is 0 Å². The Hall–Kier alpha value is -0.530. The molecule has 0 heterocycles. The van der Waals surface area contributed by atoms with Crippen LogP contribution in [0, 0.1) is 0 Å². The van der Waals surface area contributed by atoms with Gasteiger partial charge in [-0.25, -0.2) is 8.78 Å². The van der Waals surface area contributed by atoms with E-state index in [4.69, 9.17) is 5.11 Å². The number of halogens is 7. The van der Waals surface area contributed by atoms with Crippen LogP contribution in [-0.4, -0.2) is 28.7 Å². The Balaban J connectivity index is 5.65. The molecule has 1 unspecified atom stereocenters. The highest BCUT2D eigenvalue weighted by atomic mass is 19.4. The number of rotatable bonds is 3. The van der Waals surface area contributed by atoms with Gasteiger partial charge in [-0.2, -0.15) is 22.0 Å². The van der Waals surface area contributed by atoms with Crippen LogP contribution in [0.4, 0.5) is 30.7 Å². The zero-order valence-corrected chi connectivity index (χ0v) is 7.80. The van der Waals surface area contributed by atoms with Gasteiger partial charge in [0.15, 0.2) is 5.67 Å². The Kier molecular flexibility index (Phi) is 3.37. The summed E-state index contributed by atoms with van der Waals surface area (Å²) in [7, 11) is 0. The lowest BCUT2D eigenvalue weighted by Crippen LogP contribution is -2.66. The first-order chi connectivity index (χ1) is 6.31. The average molecular weight is 242 g/mol. The number of alkyl halides is 7. The monoisotopic (exact) mass is 242 g/mol. The normalized spacial score (nSPS) is 22.0. The van der Waals surface area contributed by atoms with E-state index < -0.39 is 30.0 Å². The van der Waals surface area contributed by atoms with Gasteiger partial charge in [0.1, 0.15) is 0 Å². The SMILES string of the molecule is CC[C@](C)(F)C(F)(C(O)(F)F)C(F)(F)F. The summed E-state index contributed by atoms with van der Waals surface area (Å²) in [6, 6.07) is 0. The number of aliphatic hydroxyl groups is 1. The minimum atomic E-state index is -6.22. The van der Waals surface area contributed by atoms with Gasteiger partial charge in [-0.15, -0.1) is 0 Å². The van der Waals surface area contributed by atoms with Crippen molar-refractivity contribution in [2.75, 3.05) is 0 Å². The molecular formula is C7H9F7O. The molecule has 8 heteroatoms. The van der Waals surface area contributed by atoms with Crippen molar-refractivity contribution >= 4 is 0 Å². The van der Waals surface area contributed by atoms with Crippen LogP contribution in [0.2, 0.25) is 0 Å². The second kappa shape index (κ2) is 3.50. The van der Waals surface area contributed by atoms with Crippen molar-refractivity contribution in [3.63, 3.8) is 0 Å². The number of hydrogen-bond donors (Lipinski definition) is 1. The Morgan fingerprint density at radius 1 is 0.933 bits per heavy atom. The Bertz CT molecular complexity index is 212. The second-order valence-electron chi connectivity index (χ2n) is 3.25. The molecule has 0 aliphatic heterocycles. The van der Waals surface area contributed by atoms with E-state index in [0.717, 1.165) is 6.92 Å². The van der Waals surface area contributed by atoms with Crippen molar-refractivity contribution in [1.82, 2.24) is 0 Å². The highest BCUT2D eigenvalue weighted by molar-refractivity contribution is 5.07. The molecule has 2 atom stereocenters. The summed E-state index contributed by atoms with van der Waals surface area (Å²) in [5.41, 5.74) is -9.55. The van der Waals surface area contributed by atoms with E-state index in [1.807, 2.05) is 0 Å². The van der Waals surface area contributed by atoms with E-state index in [0.29, 0.717) is 0 Å². The molecule has 0 aromatic rings. The third-order valence-corrected chi connectivity index (χ3v) is 2.19. The van der Waals surface area contributed by atoms with Crippen LogP contribution in [-0.2, 0) is 0 Å². The summed E-state index contributed by atoms with van der Waals surface area (Å²) in [5.74, 6) is 0. The first kappa shape index (κ1) is 14.5. The van der Waals surface area contributed by atoms with E-state index in [1.54, 1.807) is 0 Å². The molecule has 92 valence electrons. The van der Waals surface area contributed by atoms with E-state index in [9.17, 15) is 30.7 Å². The number of hydrogen-bond acceptors (Lipinski definition) is 1. The van der Waals surface area contributed by atoms with Crippen molar-refractivity contribution in [2.45, 2.75) is 43.9 Å². The van der Waals surface area contributed by atoms with Gasteiger partial charge in [-0.05, 0) is 13.3 Å². The van der Waals surface area contributed by atoms with Gasteiger partial charge in [-0.1, -0.05) is 6.92 Å². The summed E-state index contributed by atoms with van der Waals surface area (Å²) < 4.78 is 86.6. The molecule has 0 saturated heterocycles. The molecule has 0 saturated carbocycles. The van der Waals surface area contributed by atoms with Gasteiger partial charge in [0.05, 0.1) is 0 Å². The molecule has 0 radical (unpaired) electrons. The first-order valence-corrected chi connectivity index (χ1v) is 3.86. The molecule has 15 heavy (non-hydrogen) atoms. The van der Waals surface area contributed by atoms with Crippen LogP contribution >= 0.6 is 0 Å². The summed E-state index contributed by atoms with van der Waals surface area (Å²) in [4.78, 5) is 0. The predicted octanol–water partition coefficient (Wildman–Crippen LogP) is 2.98. The summed E-state index contributed by atoms with van der Waals surface area (Å²) in [6.07, 6.45) is -13.2. The fourth-order valence-corrected chi connectivity index (χ4v) is 1.02. The van der Waals surface area contributed by atoms with Crippen molar-refractivity contribution in [1.29, 1.82) is 0 Å². The van der Waals surface area contributed by atoms with Crippen molar-refractivity contribution < 1.29 is 35.8 Å². The van der Waals surface area contributed by atoms with Crippen molar-refractivity contribution in [2.24, 2.45) is 0 Å². The van der Waals surface area contributed by atoms with Gasteiger partial charge in [-0.3, -0.25) is 0 Å². The van der Waals surface area contributed by atoms with Crippen LogP contribution < -0.4 is 0 Å². The van der Waals surface area contributed by atoms with Crippen LogP contribution in [0.15, 0.2) is 0 Å². The summed E-state index contributed by atoms with van der Waals surface area (Å²) in [6.45, 7) is 0.774. The van der Waals surface area contributed by atoms with E-state index in [2.05, 4.69) is 0 Å². The highest BCUT2D eigenvalue weighted by Gasteiger charge is 2.79. The van der Waals surface area contributed by atoms with Crippen LogP contribution in [0.25, 0.3) is 0 Å². The van der Waals surface area contributed by atoms with E-state index in [1.165, 1.54) is 0 Å². The second-order valence-corrected chi connectivity index (χ2v) is 3.25. The lowest BCUT2D eigenvalue weighted by atomic mass is 9.83. The van der Waals surface area contributed by atoms with Crippen molar-refractivity contribution in [3.8, 4) is 0 Å². The third kappa shape index (κ3) is 2.04. The molecule has 0 aromatic carbocycles. The molecule has 1 N–H and O–H groups in total. The topological polar surface area (TPSA) is 20.2 Å².